The van der Waals surface area contributed by atoms with Crippen LogP contribution in [0.1, 0.15) is 35.2 Å². The molecule has 2 amide bonds. The molecule has 2 rings (SSSR count). The highest BCUT2D eigenvalue weighted by molar-refractivity contribution is 7.89. The summed E-state index contributed by atoms with van der Waals surface area (Å²) in [6.07, 6.45) is 0. The van der Waals surface area contributed by atoms with Crippen molar-refractivity contribution in [3.05, 3.63) is 64.7 Å². The summed E-state index contributed by atoms with van der Waals surface area (Å²) >= 11 is 0. The van der Waals surface area contributed by atoms with E-state index in [1.807, 2.05) is 32.9 Å². The number of carbonyl (C=O) groups excluding carboxylic acids is 1. The third kappa shape index (κ3) is 5.06. The minimum absolute atomic E-state index is 0.0479. The van der Waals surface area contributed by atoms with E-state index in [0.717, 1.165) is 16.7 Å². The van der Waals surface area contributed by atoms with Crippen molar-refractivity contribution in [2.24, 2.45) is 5.14 Å². The molecule has 2 aromatic carbocycles. The van der Waals surface area contributed by atoms with Crippen LogP contribution in [0, 0.1) is 13.8 Å². The summed E-state index contributed by atoms with van der Waals surface area (Å²) in [6.45, 7) is 6.42. The Kier molecular flexibility index (Phi) is 6.05. The first-order valence-electron chi connectivity index (χ1n) is 8.28. The lowest BCUT2D eigenvalue weighted by molar-refractivity contribution is 0.203. The first kappa shape index (κ1) is 19.9. The van der Waals surface area contributed by atoms with Gasteiger partial charge in [0, 0.05) is 13.6 Å². The molecule has 3 N–H and O–H groups in total. The van der Waals surface area contributed by atoms with Crippen molar-refractivity contribution in [2.45, 2.75) is 38.3 Å². The first-order chi connectivity index (χ1) is 12.1. The Morgan fingerprint density at radius 2 is 1.77 bits per heavy atom. The van der Waals surface area contributed by atoms with Gasteiger partial charge in [-0.25, -0.2) is 18.4 Å². The predicted molar refractivity (Wildman–Crippen MR) is 102 cm³/mol. The first-order valence-corrected chi connectivity index (χ1v) is 9.83. The summed E-state index contributed by atoms with van der Waals surface area (Å²) in [7, 11) is -1.98. The number of nitrogens with one attached hydrogen (secondary N) is 1. The maximum atomic E-state index is 12.4. The Labute approximate surface area is 155 Å². The number of benzene rings is 2. The maximum Gasteiger partial charge on any atom is 0.317 e. The molecular weight excluding hydrogens is 350 g/mol. The van der Waals surface area contributed by atoms with E-state index in [0.29, 0.717) is 6.54 Å². The second-order valence-electron chi connectivity index (χ2n) is 6.57. The normalized spacial score (nSPS) is 12.5. The third-order valence-corrected chi connectivity index (χ3v) is 5.23. The second-order valence-corrected chi connectivity index (χ2v) is 8.13. The zero-order valence-electron chi connectivity index (χ0n) is 15.5. The number of amides is 2. The number of nitrogens with zero attached hydrogens (tertiary/aromatic N) is 1. The van der Waals surface area contributed by atoms with Gasteiger partial charge in [-0.2, -0.15) is 0 Å². The number of hydrogen-bond acceptors (Lipinski definition) is 3. The SMILES string of the molecule is Cc1ccc(CN(C)C(=O)N[C@H](C)c2ccc(S(N)(=O)=O)cc2)c(C)c1. The fourth-order valence-electron chi connectivity index (χ4n) is 2.68. The number of sulfonamides is 1. The summed E-state index contributed by atoms with van der Waals surface area (Å²) < 4.78 is 22.6. The van der Waals surface area contributed by atoms with Crippen LogP contribution in [0.2, 0.25) is 0 Å². The van der Waals surface area contributed by atoms with E-state index in [1.165, 1.54) is 17.7 Å². The molecule has 0 aliphatic heterocycles. The fourth-order valence-corrected chi connectivity index (χ4v) is 3.19. The molecule has 0 bridgehead atoms. The molecule has 0 saturated carbocycles. The minimum Gasteiger partial charge on any atom is -0.331 e. The molecule has 0 aliphatic carbocycles. The molecule has 0 saturated heterocycles. The molecule has 0 radical (unpaired) electrons. The van der Waals surface area contributed by atoms with Gasteiger partial charge in [-0.1, -0.05) is 35.9 Å². The monoisotopic (exact) mass is 375 g/mol. The van der Waals surface area contributed by atoms with Gasteiger partial charge in [-0.05, 0) is 49.6 Å². The summed E-state index contributed by atoms with van der Waals surface area (Å²) in [4.78, 5) is 14.1. The zero-order valence-corrected chi connectivity index (χ0v) is 16.3. The lowest BCUT2D eigenvalue weighted by Crippen LogP contribution is -2.38. The molecule has 0 spiro atoms. The Morgan fingerprint density at radius 1 is 1.15 bits per heavy atom. The Morgan fingerprint density at radius 3 is 2.31 bits per heavy atom. The van der Waals surface area contributed by atoms with Crippen molar-refractivity contribution >= 4 is 16.1 Å². The van der Waals surface area contributed by atoms with Crippen LogP contribution in [0.15, 0.2) is 47.4 Å². The Bertz CT molecular complexity index is 893. The number of urea groups is 1. The van der Waals surface area contributed by atoms with E-state index in [2.05, 4.69) is 11.4 Å². The van der Waals surface area contributed by atoms with Crippen molar-refractivity contribution in [2.75, 3.05) is 7.05 Å². The van der Waals surface area contributed by atoms with Crippen LogP contribution in [0.4, 0.5) is 4.79 Å². The largest absolute Gasteiger partial charge is 0.331 e. The maximum absolute atomic E-state index is 12.4. The smallest absolute Gasteiger partial charge is 0.317 e. The Balaban J connectivity index is 2.01. The van der Waals surface area contributed by atoms with Crippen LogP contribution < -0.4 is 10.5 Å². The zero-order chi connectivity index (χ0) is 19.5. The number of rotatable bonds is 5. The van der Waals surface area contributed by atoms with Crippen LogP contribution in [-0.4, -0.2) is 26.4 Å². The Hall–Kier alpha value is -2.38. The summed E-state index contributed by atoms with van der Waals surface area (Å²) in [6, 6.07) is 11.9. The van der Waals surface area contributed by atoms with Crippen molar-refractivity contribution in [3.8, 4) is 0 Å². The van der Waals surface area contributed by atoms with Gasteiger partial charge >= 0.3 is 6.03 Å². The quantitative estimate of drug-likeness (QED) is 0.841. The van der Waals surface area contributed by atoms with Gasteiger partial charge in [0.15, 0.2) is 0 Å². The van der Waals surface area contributed by atoms with E-state index in [9.17, 15) is 13.2 Å². The molecule has 0 aliphatic rings. The standard InChI is InChI=1S/C19H25N3O3S/c1-13-5-6-17(14(2)11-13)12-22(4)19(23)21-15(3)16-7-9-18(10-8-16)26(20,24)25/h5-11,15H,12H2,1-4H3,(H,21,23)(H2,20,24,25)/t15-/m1/s1. The van der Waals surface area contributed by atoms with Crippen LogP contribution >= 0.6 is 0 Å². The van der Waals surface area contributed by atoms with E-state index in [4.69, 9.17) is 5.14 Å². The molecule has 0 unspecified atom stereocenters. The molecule has 0 aromatic heterocycles. The number of primary sulfonamides is 1. The molecular formula is C19H25N3O3S. The molecule has 1 atom stereocenters. The summed E-state index contributed by atoms with van der Waals surface area (Å²) in [5.74, 6) is 0. The van der Waals surface area contributed by atoms with E-state index in [1.54, 1.807) is 24.1 Å². The van der Waals surface area contributed by atoms with Gasteiger partial charge in [0.1, 0.15) is 0 Å². The third-order valence-electron chi connectivity index (χ3n) is 4.30. The van der Waals surface area contributed by atoms with Crippen LogP contribution in [0.5, 0.6) is 0 Å². The van der Waals surface area contributed by atoms with Gasteiger partial charge < -0.3 is 10.2 Å². The van der Waals surface area contributed by atoms with Gasteiger partial charge in [0.25, 0.3) is 0 Å². The molecule has 0 heterocycles. The minimum atomic E-state index is -3.72. The topological polar surface area (TPSA) is 92.5 Å². The highest BCUT2D eigenvalue weighted by Gasteiger charge is 2.15. The number of hydrogen-bond donors (Lipinski definition) is 2. The average Bonchev–Trinajstić information content (AvgIpc) is 2.56. The molecule has 6 nitrogen and oxygen atoms in total. The molecule has 26 heavy (non-hydrogen) atoms. The van der Waals surface area contributed by atoms with Crippen molar-refractivity contribution in [3.63, 3.8) is 0 Å². The van der Waals surface area contributed by atoms with Gasteiger partial charge in [-0.15, -0.1) is 0 Å². The van der Waals surface area contributed by atoms with Crippen molar-refractivity contribution in [1.29, 1.82) is 0 Å². The van der Waals surface area contributed by atoms with Gasteiger partial charge in [-0.3, -0.25) is 0 Å². The number of carbonyl (C=O) groups is 1. The summed E-state index contributed by atoms with van der Waals surface area (Å²) in [5.41, 5.74) is 4.23. The van der Waals surface area contributed by atoms with E-state index in [-0.39, 0.29) is 17.0 Å². The van der Waals surface area contributed by atoms with Crippen LogP contribution in [0.25, 0.3) is 0 Å². The molecule has 140 valence electrons. The van der Waals surface area contributed by atoms with E-state index < -0.39 is 10.0 Å². The van der Waals surface area contributed by atoms with Crippen LogP contribution in [0.3, 0.4) is 0 Å². The van der Waals surface area contributed by atoms with Crippen LogP contribution in [-0.2, 0) is 16.6 Å². The van der Waals surface area contributed by atoms with Crippen molar-refractivity contribution < 1.29 is 13.2 Å². The lowest BCUT2D eigenvalue weighted by atomic mass is 10.1. The van der Waals surface area contributed by atoms with Crippen molar-refractivity contribution in [1.82, 2.24) is 10.2 Å². The molecule has 7 heteroatoms. The molecule has 0 fully saturated rings. The highest BCUT2D eigenvalue weighted by Crippen LogP contribution is 2.17. The number of aryl methyl sites for hydroxylation is 2. The van der Waals surface area contributed by atoms with Gasteiger partial charge in [0.05, 0.1) is 10.9 Å². The van der Waals surface area contributed by atoms with E-state index >= 15 is 0 Å². The average molecular weight is 375 g/mol. The second kappa shape index (κ2) is 7.88. The highest BCUT2D eigenvalue weighted by atomic mass is 32.2. The molecule has 2 aromatic rings. The number of nitrogens with two attached hydrogens (primary N) is 1. The lowest BCUT2D eigenvalue weighted by Gasteiger charge is -2.22. The fraction of sp³-hybridized carbons (Fsp3) is 0.316. The van der Waals surface area contributed by atoms with Gasteiger partial charge in [0.2, 0.25) is 10.0 Å². The predicted octanol–water partition coefficient (Wildman–Crippen LogP) is 2.85. The summed E-state index contributed by atoms with van der Waals surface area (Å²) in [5, 5.41) is 8.01.